The van der Waals surface area contributed by atoms with Crippen molar-refractivity contribution in [1.29, 1.82) is 0 Å². The average molecular weight is 294 g/mol. The maximum Gasteiger partial charge on any atom is 0.409 e. The van der Waals surface area contributed by atoms with Crippen molar-refractivity contribution in [2.24, 2.45) is 0 Å². The largest absolute Gasteiger partial charge is 0.450 e. The highest BCUT2D eigenvalue weighted by molar-refractivity contribution is 5.67. The van der Waals surface area contributed by atoms with Crippen LogP contribution in [0.15, 0.2) is 6.20 Å². The predicted octanol–water partition coefficient (Wildman–Crippen LogP) is 2.81. The van der Waals surface area contributed by atoms with Crippen molar-refractivity contribution in [2.45, 2.75) is 52.6 Å². The number of hydrogen-bond donors (Lipinski definition) is 1. The third-order valence-corrected chi connectivity index (χ3v) is 3.76. The summed E-state index contributed by atoms with van der Waals surface area (Å²) in [5, 5.41) is 3.52. The van der Waals surface area contributed by atoms with Gasteiger partial charge in [-0.25, -0.2) is 9.78 Å². The highest BCUT2D eigenvalue weighted by atomic mass is 16.6. The number of carbonyl (C=O) groups excluding carboxylic acids is 1. The van der Waals surface area contributed by atoms with E-state index in [9.17, 15) is 4.79 Å². The summed E-state index contributed by atoms with van der Waals surface area (Å²) < 4.78 is 7.20. The molecule has 0 radical (unpaired) electrons. The molecule has 0 saturated carbocycles. The van der Waals surface area contributed by atoms with Crippen LogP contribution in [0.4, 0.5) is 10.7 Å². The van der Waals surface area contributed by atoms with Crippen molar-refractivity contribution in [2.75, 3.05) is 25.0 Å². The number of hydrogen-bond acceptors (Lipinski definition) is 4. The van der Waals surface area contributed by atoms with E-state index in [1.165, 1.54) is 0 Å². The van der Waals surface area contributed by atoms with Gasteiger partial charge in [0.25, 0.3) is 0 Å². The van der Waals surface area contributed by atoms with Crippen LogP contribution in [0.3, 0.4) is 0 Å². The topological polar surface area (TPSA) is 59.4 Å². The Morgan fingerprint density at radius 2 is 2.14 bits per heavy atom. The number of rotatable bonds is 4. The van der Waals surface area contributed by atoms with E-state index in [0.717, 1.165) is 37.6 Å². The van der Waals surface area contributed by atoms with Crippen LogP contribution in [0.5, 0.6) is 0 Å². The molecule has 118 valence electrons. The summed E-state index contributed by atoms with van der Waals surface area (Å²) in [7, 11) is 0. The fraction of sp³-hybridized carbons (Fsp3) is 0.733. The second-order valence-electron chi connectivity index (χ2n) is 5.81. The maximum atomic E-state index is 11.7. The monoisotopic (exact) mass is 294 g/mol. The molecule has 2 rings (SSSR count). The lowest BCUT2D eigenvalue weighted by Gasteiger charge is -2.32. The first-order valence-electron chi connectivity index (χ1n) is 7.75. The maximum absolute atomic E-state index is 11.7. The second-order valence-corrected chi connectivity index (χ2v) is 5.81. The lowest BCUT2D eigenvalue weighted by Crippen LogP contribution is -2.43. The number of aromatic nitrogens is 2. The van der Waals surface area contributed by atoms with Crippen molar-refractivity contribution in [3.8, 4) is 0 Å². The molecule has 0 aromatic carbocycles. The number of nitrogens with one attached hydrogen (secondary N) is 1. The van der Waals surface area contributed by atoms with Crippen LogP contribution < -0.4 is 5.32 Å². The van der Waals surface area contributed by atoms with Gasteiger partial charge in [-0.15, -0.1) is 0 Å². The molecule has 1 aliphatic rings. The molecular formula is C15H26N4O2. The van der Waals surface area contributed by atoms with Gasteiger partial charge in [0, 0.05) is 31.4 Å². The third-order valence-electron chi connectivity index (χ3n) is 3.76. The third kappa shape index (κ3) is 3.89. The van der Waals surface area contributed by atoms with Crippen molar-refractivity contribution >= 4 is 12.0 Å². The molecule has 2 heterocycles. The Morgan fingerprint density at radius 3 is 2.71 bits per heavy atom. The first-order chi connectivity index (χ1) is 10.0. The number of ether oxygens (including phenoxy) is 1. The number of imidazole rings is 1. The molecule has 6 nitrogen and oxygen atoms in total. The van der Waals surface area contributed by atoms with Gasteiger partial charge >= 0.3 is 6.09 Å². The average Bonchev–Trinajstić information content (AvgIpc) is 2.81. The van der Waals surface area contributed by atoms with Crippen LogP contribution in [0.1, 0.15) is 45.3 Å². The Balaban J connectivity index is 1.90. The molecule has 1 aliphatic heterocycles. The van der Waals surface area contributed by atoms with E-state index in [1.54, 1.807) is 4.90 Å². The molecule has 1 saturated heterocycles. The highest BCUT2D eigenvalue weighted by Crippen LogP contribution is 2.20. The number of likely N-dealkylation sites (tertiary alicyclic amines) is 1. The molecule has 0 bridgehead atoms. The van der Waals surface area contributed by atoms with Gasteiger partial charge in [-0.05, 0) is 40.5 Å². The second kappa shape index (κ2) is 6.83. The molecule has 1 aromatic heterocycles. The van der Waals surface area contributed by atoms with E-state index in [1.807, 2.05) is 13.8 Å². The summed E-state index contributed by atoms with van der Waals surface area (Å²) >= 11 is 0. The highest BCUT2D eigenvalue weighted by Gasteiger charge is 2.24. The summed E-state index contributed by atoms with van der Waals surface area (Å²) in [6.07, 6.45) is 3.71. The number of anilines is 1. The number of piperidine rings is 1. The van der Waals surface area contributed by atoms with Crippen LogP contribution in [0.25, 0.3) is 0 Å². The normalized spacial score (nSPS) is 16.3. The smallest absolute Gasteiger partial charge is 0.409 e. The fourth-order valence-corrected chi connectivity index (χ4v) is 2.62. The minimum absolute atomic E-state index is 0.199. The van der Waals surface area contributed by atoms with E-state index in [4.69, 9.17) is 4.74 Å². The Labute approximate surface area is 126 Å². The molecule has 1 amide bonds. The fourth-order valence-electron chi connectivity index (χ4n) is 2.62. The van der Waals surface area contributed by atoms with Crippen molar-refractivity contribution in [3.05, 3.63) is 11.9 Å². The molecule has 0 spiro atoms. The Kier molecular flexibility index (Phi) is 5.09. The van der Waals surface area contributed by atoms with E-state index >= 15 is 0 Å². The van der Waals surface area contributed by atoms with Crippen LogP contribution >= 0.6 is 0 Å². The van der Waals surface area contributed by atoms with E-state index in [2.05, 4.69) is 34.9 Å². The van der Waals surface area contributed by atoms with Crippen molar-refractivity contribution in [3.63, 3.8) is 0 Å². The van der Waals surface area contributed by atoms with Crippen molar-refractivity contribution < 1.29 is 9.53 Å². The predicted molar refractivity (Wildman–Crippen MR) is 82.6 cm³/mol. The van der Waals surface area contributed by atoms with E-state index in [0.29, 0.717) is 18.7 Å². The summed E-state index contributed by atoms with van der Waals surface area (Å²) in [4.78, 5) is 18.0. The van der Waals surface area contributed by atoms with Gasteiger partial charge in [-0.3, -0.25) is 0 Å². The summed E-state index contributed by atoms with van der Waals surface area (Å²) in [6, 6.07) is 0.739. The zero-order valence-electron chi connectivity index (χ0n) is 13.4. The van der Waals surface area contributed by atoms with Crippen LogP contribution in [0, 0.1) is 6.92 Å². The van der Waals surface area contributed by atoms with Gasteiger partial charge in [-0.1, -0.05) is 0 Å². The molecule has 21 heavy (non-hydrogen) atoms. The van der Waals surface area contributed by atoms with Crippen LogP contribution in [0.2, 0.25) is 0 Å². The molecule has 1 N–H and O–H groups in total. The van der Waals surface area contributed by atoms with Gasteiger partial charge in [-0.2, -0.15) is 0 Å². The summed E-state index contributed by atoms with van der Waals surface area (Å²) in [6.45, 7) is 10.0. The van der Waals surface area contributed by atoms with E-state index < -0.39 is 0 Å². The Bertz CT molecular complexity index is 476. The molecule has 1 aromatic rings. The number of amides is 1. The van der Waals surface area contributed by atoms with Gasteiger partial charge in [0.15, 0.2) is 0 Å². The van der Waals surface area contributed by atoms with E-state index in [-0.39, 0.29) is 6.09 Å². The number of nitrogens with zero attached hydrogens (tertiary/aromatic N) is 3. The SMILES string of the molecule is CCOC(=O)N1CCC(Nc2nc(C)cn2C(C)C)CC1. The van der Waals surface area contributed by atoms with Gasteiger partial charge in [0.05, 0.1) is 12.3 Å². The zero-order chi connectivity index (χ0) is 15.4. The lowest BCUT2D eigenvalue weighted by atomic mass is 10.1. The molecule has 1 fully saturated rings. The summed E-state index contributed by atoms with van der Waals surface area (Å²) in [5.41, 5.74) is 1.02. The van der Waals surface area contributed by atoms with Gasteiger partial charge < -0.3 is 19.5 Å². The Morgan fingerprint density at radius 1 is 1.48 bits per heavy atom. The first-order valence-corrected chi connectivity index (χ1v) is 7.75. The van der Waals surface area contributed by atoms with Crippen LogP contribution in [-0.4, -0.2) is 46.3 Å². The first kappa shape index (κ1) is 15.7. The molecule has 6 heteroatoms. The zero-order valence-corrected chi connectivity index (χ0v) is 13.4. The Hall–Kier alpha value is -1.72. The van der Waals surface area contributed by atoms with Gasteiger partial charge in [0.1, 0.15) is 0 Å². The molecule has 0 aliphatic carbocycles. The quantitative estimate of drug-likeness (QED) is 0.927. The minimum atomic E-state index is -0.199. The van der Waals surface area contributed by atoms with Crippen molar-refractivity contribution in [1.82, 2.24) is 14.5 Å². The molecule has 0 atom stereocenters. The van der Waals surface area contributed by atoms with Crippen LogP contribution in [-0.2, 0) is 4.74 Å². The number of carbonyl (C=O) groups is 1. The van der Waals surface area contributed by atoms with Gasteiger partial charge in [0.2, 0.25) is 5.95 Å². The lowest BCUT2D eigenvalue weighted by molar-refractivity contribution is 0.0983. The summed E-state index contributed by atoms with van der Waals surface area (Å²) in [5.74, 6) is 0.928. The number of aryl methyl sites for hydroxylation is 1. The standard InChI is InChI=1S/C15H26N4O2/c1-5-21-15(20)18-8-6-13(7-9-18)17-14-16-12(4)10-19(14)11(2)3/h10-11,13H,5-9H2,1-4H3,(H,16,17). The minimum Gasteiger partial charge on any atom is -0.450 e. The molecule has 0 unspecified atom stereocenters. The molecular weight excluding hydrogens is 268 g/mol.